The highest BCUT2D eigenvalue weighted by Gasteiger charge is 2.44. The molecule has 0 fully saturated rings. The lowest BCUT2D eigenvalue weighted by Crippen LogP contribution is -2.49. The summed E-state index contributed by atoms with van der Waals surface area (Å²) in [7, 11) is 0. The second-order valence-corrected chi connectivity index (χ2v) is 10.7. The fraction of sp³-hybridized carbons (Fsp3) is 0.400. The van der Waals surface area contributed by atoms with Gasteiger partial charge in [0.05, 0.1) is 29.5 Å². The van der Waals surface area contributed by atoms with Crippen LogP contribution in [-0.2, 0) is 13.0 Å². The molecule has 8 nitrogen and oxygen atoms in total. The van der Waals surface area contributed by atoms with E-state index in [1.165, 1.54) is 34.2 Å². The van der Waals surface area contributed by atoms with Crippen molar-refractivity contribution >= 4 is 17.6 Å². The number of aromatic hydroxyl groups is 2. The number of phenols is 2. The minimum Gasteiger partial charge on any atom is -0.508 e. The standard InChI is InChI=1S/C30H35NO7/c1-17(2)7-5-8-18(3)9-6-12-30(4)26(34)15-21-24(32)14-20-22(27(21)38-30)16-31(28(20)35)23-11-10-19(29(36)37)13-25(23)33/h7,9-11,13-14,26,32-34H,5-6,8,12,15-16H2,1-4H3,(H,36,37)/b18-9+. The van der Waals surface area contributed by atoms with Crippen LogP contribution in [-0.4, -0.2) is 44.0 Å². The van der Waals surface area contributed by atoms with Gasteiger partial charge in [0.2, 0.25) is 0 Å². The van der Waals surface area contributed by atoms with Crippen LogP contribution in [0, 0.1) is 0 Å². The van der Waals surface area contributed by atoms with Gasteiger partial charge >= 0.3 is 5.97 Å². The third-order valence-electron chi connectivity index (χ3n) is 7.43. The van der Waals surface area contributed by atoms with Gasteiger partial charge in [-0.15, -0.1) is 0 Å². The van der Waals surface area contributed by atoms with Crippen molar-refractivity contribution in [2.45, 2.75) is 78.0 Å². The number of allylic oxidation sites excluding steroid dienone is 4. The number of fused-ring (bicyclic) bond motifs is 3. The third-order valence-corrected chi connectivity index (χ3v) is 7.43. The molecule has 2 aromatic carbocycles. The quantitative estimate of drug-likeness (QED) is 0.339. The van der Waals surface area contributed by atoms with Crippen LogP contribution in [0.2, 0.25) is 0 Å². The first-order valence-corrected chi connectivity index (χ1v) is 12.8. The molecule has 0 aromatic heterocycles. The number of ether oxygens (including phenoxy) is 1. The number of rotatable bonds is 8. The highest BCUT2D eigenvalue weighted by molar-refractivity contribution is 6.12. The first-order chi connectivity index (χ1) is 17.9. The second-order valence-electron chi connectivity index (χ2n) is 10.7. The van der Waals surface area contributed by atoms with Gasteiger partial charge in [-0.25, -0.2) is 4.79 Å². The third kappa shape index (κ3) is 5.27. The van der Waals surface area contributed by atoms with E-state index in [1.807, 2.05) is 6.92 Å². The number of nitrogens with zero attached hydrogens (tertiary/aromatic N) is 1. The molecule has 202 valence electrons. The smallest absolute Gasteiger partial charge is 0.335 e. The van der Waals surface area contributed by atoms with Gasteiger partial charge in [-0.2, -0.15) is 0 Å². The molecule has 0 radical (unpaired) electrons. The van der Waals surface area contributed by atoms with Crippen molar-refractivity contribution < 1.29 is 34.8 Å². The van der Waals surface area contributed by atoms with Gasteiger partial charge in [0.15, 0.2) is 0 Å². The molecule has 0 saturated carbocycles. The van der Waals surface area contributed by atoms with Crippen LogP contribution in [0.3, 0.4) is 0 Å². The van der Waals surface area contributed by atoms with E-state index < -0.39 is 23.6 Å². The zero-order valence-electron chi connectivity index (χ0n) is 22.2. The number of carbonyl (C=O) groups is 2. The Hall–Kier alpha value is -3.78. The number of benzene rings is 2. The molecule has 4 rings (SSSR count). The molecule has 2 aromatic rings. The summed E-state index contributed by atoms with van der Waals surface area (Å²) in [5.41, 5.74) is 2.97. The van der Waals surface area contributed by atoms with Crippen LogP contribution in [0.4, 0.5) is 5.69 Å². The SMILES string of the molecule is CC(C)=CCC/C(C)=C/CCC1(C)Oc2c(c(O)cc3c2CN(c2ccc(C(=O)O)cc2O)C3=O)CC1O. The van der Waals surface area contributed by atoms with E-state index in [4.69, 9.17) is 4.74 Å². The minimum absolute atomic E-state index is 0.0757. The molecule has 2 aliphatic heterocycles. The van der Waals surface area contributed by atoms with Gasteiger partial charge in [0.1, 0.15) is 22.8 Å². The number of phenolic OH excluding ortho intramolecular Hbond substituents is 2. The van der Waals surface area contributed by atoms with Gasteiger partial charge in [0.25, 0.3) is 5.91 Å². The van der Waals surface area contributed by atoms with E-state index in [1.54, 1.807) is 0 Å². The average molecular weight is 522 g/mol. The molecular formula is C30H35NO7. The number of amides is 1. The first kappa shape index (κ1) is 27.3. The molecule has 1 amide bonds. The molecule has 2 unspecified atom stereocenters. The van der Waals surface area contributed by atoms with Gasteiger partial charge in [-0.05, 0) is 77.6 Å². The summed E-state index contributed by atoms with van der Waals surface area (Å²) in [6.45, 7) is 8.18. The van der Waals surface area contributed by atoms with Crippen molar-refractivity contribution in [3.63, 3.8) is 0 Å². The Bertz CT molecular complexity index is 1340. The highest BCUT2D eigenvalue weighted by Crippen LogP contribution is 2.47. The zero-order chi connectivity index (χ0) is 27.8. The van der Waals surface area contributed by atoms with Gasteiger partial charge in [-0.3, -0.25) is 4.79 Å². The summed E-state index contributed by atoms with van der Waals surface area (Å²) in [6.07, 6.45) is 6.91. The number of carboxylic acid groups (broad SMARTS) is 1. The molecule has 0 aliphatic carbocycles. The van der Waals surface area contributed by atoms with Crippen molar-refractivity contribution in [1.82, 2.24) is 0 Å². The van der Waals surface area contributed by atoms with Crippen molar-refractivity contribution in [3.8, 4) is 17.2 Å². The van der Waals surface area contributed by atoms with E-state index in [0.717, 1.165) is 18.9 Å². The van der Waals surface area contributed by atoms with Crippen molar-refractivity contribution in [2.75, 3.05) is 4.90 Å². The fourth-order valence-corrected chi connectivity index (χ4v) is 5.08. The summed E-state index contributed by atoms with van der Waals surface area (Å²) in [5.74, 6) is -1.71. The Morgan fingerprint density at radius 2 is 1.84 bits per heavy atom. The van der Waals surface area contributed by atoms with Crippen molar-refractivity contribution in [1.29, 1.82) is 0 Å². The maximum Gasteiger partial charge on any atom is 0.335 e. The Morgan fingerprint density at radius 3 is 2.50 bits per heavy atom. The Kier molecular flexibility index (Phi) is 7.56. The Balaban J connectivity index is 1.58. The number of carbonyl (C=O) groups excluding carboxylic acids is 1. The number of carboxylic acids is 1. The molecule has 2 aliphatic rings. The van der Waals surface area contributed by atoms with Gasteiger partial charge in [-0.1, -0.05) is 23.3 Å². The number of hydrogen-bond donors (Lipinski definition) is 4. The van der Waals surface area contributed by atoms with E-state index in [0.29, 0.717) is 29.7 Å². The summed E-state index contributed by atoms with van der Waals surface area (Å²) in [5, 5.41) is 41.3. The lowest BCUT2D eigenvalue weighted by molar-refractivity contribution is -0.0597. The largest absolute Gasteiger partial charge is 0.508 e. The number of aliphatic hydroxyl groups excluding tert-OH is 1. The van der Waals surface area contributed by atoms with Crippen LogP contribution < -0.4 is 9.64 Å². The van der Waals surface area contributed by atoms with Crippen molar-refractivity contribution in [3.05, 3.63) is 69.8 Å². The number of hydrogen-bond acceptors (Lipinski definition) is 6. The average Bonchev–Trinajstić information content (AvgIpc) is 3.16. The fourth-order valence-electron chi connectivity index (χ4n) is 5.08. The maximum absolute atomic E-state index is 13.3. The van der Waals surface area contributed by atoms with E-state index in [9.17, 15) is 30.0 Å². The molecule has 0 bridgehead atoms. The van der Waals surface area contributed by atoms with E-state index in [2.05, 4.69) is 32.9 Å². The van der Waals surface area contributed by atoms with Crippen LogP contribution in [0.1, 0.15) is 85.2 Å². The monoisotopic (exact) mass is 521 g/mol. The van der Waals surface area contributed by atoms with E-state index in [-0.39, 0.29) is 41.3 Å². The van der Waals surface area contributed by atoms with Crippen molar-refractivity contribution in [2.24, 2.45) is 0 Å². The molecule has 38 heavy (non-hydrogen) atoms. The Morgan fingerprint density at radius 1 is 1.11 bits per heavy atom. The predicted octanol–water partition coefficient (Wildman–Crippen LogP) is 5.48. The summed E-state index contributed by atoms with van der Waals surface area (Å²) < 4.78 is 6.40. The predicted molar refractivity (Wildman–Crippen MR) is 144 cm³/mol. The zero-order valence-corrected chi connectivity index (χ0v) is 22.2. The molecule has 2 atom stereocenters. The van der Waals surface area contributed by atoms with E-state index >= 15 is 0 Å². The Labute approximate surface area is 222 Å². The van der Waals surface area contributed by atoms with Gasteiger partial charge < -0.3 is 30.1 Å². The van der Waals surface area contributed by atoms with Crippen LogP contribution in [0.5, 0.6) is 17.2 Å². The molecule has 4 N–H and O–H groups in total. The maximum atomic E-state index is 13.3. The number of aliphatic hydroxyl groups is 1. The lowest BCUT2D eigenvalue weighted by Gasteiger charge is -2.40. The minimum atomic E-state index is -1.19. The summed E-state index contributed by atoms with van der Waals surface area (Å²) >= 11 is 0. The van der Waals surface area contributed by atoms with Crippen LogP contribution >= 0.6 is 0 Å². The summed E-state index contributed by atoms with van der Waals surface area (Å²) in [6, 6.07) is 5.17. The summed E-state index contributed by atoms with van der Waals surface area (Å²) in [4.78, 5) is 25.8. The molecule has 2 heterocycles. The highest BCUT2D eigenvalue weighted by atomic mass is 16.5. The number of aromatic carboxylic acids is 1. The van der Waals surface area contributed by atoms with Gasteiger partial charge in [0, 0.05) is 17.5 Å². The molecule has 0 saturated heterocycles. The molecule has 0 spiro atoms. The molecular weight excluding hydrogens is 486 g/mol. The first-order valence-electron chi connectivity index (χ1n) is 12.8. The topological polar surface area (TPSA) is 128 Å². The normalized spacial score (nSPS) is 20.6. The lowest BCUT2D eigenvalue weighted by atomic mass is 9.84. The second kappa shape index (κ2) is 10.5. The van der Waals surface area contributed by atoms with Crippen LogP contribution in [0.15, 0.2) is 47.6 Å². The molecule has 8 heteroatoms. The van der Waals surface area contributed by atoms with Crippen LogP contribution in [0.25, 0.3) is 0 Å². The number of anilines is 1.